The van der Waals surface area contributed by atoms with E-state index in [0.717, 1.165) is 17.9 Å². The maximum absolute atomic E-state index is 6.57. The minimum atomic E-state index is -4.85. The molecule has 4 aromatic rings. The number of hydrogen-bond acceptors (Lipinski definition) is 0. The van der Waals surface area contributed by atoms with Crippen LogP contribution in [-0.4, -0.2) is 4.21 Å². The van der Waals surface area contributed by atoms with Crippen LogP contribution in [0.25, 0.3) is 11.1 Å². The van der Waals surface area contributed by atoms with E-state index in [1.54, 1.807) is 0 Å². The molecule has 2 aliphatic rings. The van der Waals surface area contributed by atoms with E-state index >= 15 is 0 Å². The Morgan fingerprint density at radius 1 is 0.738 bits per heavy atom. The number of hydrogen-bond donors (Lipinski definition) is 0. The molecule has 2 heteroatoms. The van der Waals surface area contributed by atoms with Crippen molar-refractivity contribution in [2.45, 2.75) is 72.1 Å². The molecule has 0 saturated heterocycles. The first-order valence-electron chi connectivity index (χ1n) is 15.3. The minimum absolute atomic E-state index is 0.0633. The van der Waals surface area contributed by atoms with Gasteiger partial charge in [-0.25, -0.2) is 0 Å². The van der Waals surface area contributed by atoms with Crippen molar-refractivity contribution in [2.75, 3.05) is 0 Å². The van der Waals surface area contributed by atoms with Crippen molar-refractivity contribution in [1.82, 2.24) is 0 Å². The molecule has 0 atom stereocenters. The predicted octanol–water partition coefficient (Wildman–Crippen LogP) is 9.06. The van der Waals surface area contributed by atoms with Gasteiger partial charge in [-0.1, -0.05) is 0 Å². The van der Waals surface area contributed by atoms with Crippen molar-refractivity contribution in [2.24, 2.45) is 0 Å². The third kappa shape index (κ3) is 4.38. The molecule has 0 fully saturated rings. The van der Waals surface area contributed by atoms with Gasteiger partial charge in [-0.05, 0) is 0 Å². The fraction of sp³-hybridized carbons (Fsp3) is 0.275. The molecule has 4 aromatic carbocycles. The van der Waals surface area contributed by atoms with E-state index in [0.29, 0.717) is 0 Å². The molecular weight excluding hydrogens is 607 g/mol. The van der Waals surface area contributed by atoms with Crippen molar-refractivity contribution in [3.63, 3.8) is 0 Å². The zero-order valence-corrected chi connectivity index (χ0v) is 29.5. The number of halogens is 1. The fourth-order valence-electron chi connectivity index (χ4n) is 7.58. The zero-order valence-electron chi connectivity index (χ0n) is 26.2. The molecule has 6 rings (SSSR count). The van der Waals surface area contributed by atoms with Gasteiger partial charge in [-0.3, -0.25) is 0 Å². The van der Waals surface area contributed by atoms with Crippen LogP contribution in [0.1, 0.15) is 75.8 Å². The molecule has 0 spiro atoms. The summed E-state index contributed by atoms with van der Waals surface area (Å²) in [4.78, 5) is 0. The first-order valence-corrected chi connectivity index (χ1v) is 22.3. The molecule has 0 N–H and O–H groups in total. The first-order chi connectivity index (χ1) is 19.7. The average Bonchev–Trinajstić information content (AvgIpc) is 3.60. The standard InChI is InChI=1S/C21H25.C7H7.C6H4Cl.C5H5.CH2.Zr/c1-20(2,3)16-7-9-18-14(12-16)11-15-13-17(21(4,5)6)8-10-19(15)18;1-7-5-3-2-4-6-7;7-6-4-2-1-3-5-6;1-2-4-5-3-1;;/h7-10,12H,11H2,1-6H3;3-6H,1H3;2-5H;1-3H,4H2;1H2;. The summed E-state index contributed by atoms with van der Waals surface area (Å²) in [6, 6.07) is 30.1. The second-order valence-electron chi connectivity index (χ2n) is 14.7. The van der Waals surface area contributed by atoms with E-state index in [1.807, 2.05) is 0 Å². The van der Waals surface area contributed by atoms with Crippen LogP contribution in [0.5, 0.6) is 0 Å². The third-order valence-corrected chi connectivity index (χ3v) is 26.6. The third-order valence-electron chi connectivity index (χ3n) is 9.95. The quantitative estimate of drug-likeness (QED) is 0.182. The monoisotopic (exact) mass is 648 g/mol. The molecule has 2 aliphatic carbocycles. The zero-order chi connectivity index (χ0) is 30.1. The number of benzene rings is 4. The summed E-state index contributed by atoms with van der Waals surface area (Å²) in [6.45, 7) is 16.2. The van der Waals surface area contributed by atoms with Gasteiger partial charge < -0.3 is 0 Å². The topological polar surface area (TPSA) is 0 Å². The van der Waals surface area contributed by atoms with Crippen molar-refractivity contribution >= 4 is 25.6 Å². The first kappa shape index (κ1) is 29.5. The van der Waals surface area contributed by atoms with Gasteiger partial charge in [-0.2, -0.15) is 0 Å². The van der Waals surface area contributed by atoms with Gasteiger partial charge in [0.2, 0.25) is 0 Å². The Bertz CT molecular complexity index is 1780. The maximum atomic E-state index is 6.57. The number of allylic oxidation sites excluding steroid dienone is 4. The van der Waals surface area contributed by atoms with E-state index in [4.69, 9.17) is 15.8 Å². The van der Waals surface area contributed by atoms with Crippen LogP contribution < -0.4 is 9.81 Å². The summed E-state index contributed by atoms with van der Waals surface area (Å²) >= 11 is 1.72. The van der Waals surface area contributed by atoms with Gasteiger partial charge >= 0.3 is 260 Å². The normalized spacial score (nSPS) is 15.0. The van der Waals surface area contributed by atoms with Gasteiger partial charge in [0.25, 0.3) is 0 Å². The van der Waals surface area contributed by atoms with E-state index < -0.39 is 18.3 Å². The SMILES string of the molecule is [CH2]=[Zr]([C]1=CC=CC1)([c]1ccc(C)cc1)([c]1ccc(Cl)cc1)[c]1c(C(C)(C)C)ccc2c1Cc1cc(C(C)(C)C)ccc1-2. The Hall–Kier alpha value is -2.60. The van der Waals surface area contributed by atoms with Gasteiger partial charge in [0.15, 0.2) is 0 Å². The molecule has 0 unspecified atom stereocenters. The van der Waals surface area contributed by atoms with Crippen LogP contribution in [0.15, 0.2) is 100 Å². The molecule has 0 radical (unpaired) electrons. The summed E-state index contributed by atoms with van der Waals surface area (Å²) in [5.41, 5.74) is 9.80. The van der Waals surface area contributed by atoms with Crippen LogP contribution in [0.2, 0.25) is 5.02 Å². The second kappa shape index (κ2) is 9.97. The van der Waals surface area contributed by atoms with Crippen LogP contribution in [0.3, 0.4) is 0 Å². The molecule has 214 valence electrons. The van der Waals surface area contributed by atoms with Crippen LogP contribution >= 0.6 is 11.6 Å². The summed E-state index contributed by atoms with van der Waals surface area (Å²) in [7, 11) is 0. The van der Waals surface area contributed by atoms with Crippen LogP contribution in [-0.2, 0) is 35.5 Å². The predicted molar refractivity (Wildman–Crippen MR) is 183 cm³/mol. The molecule has 0 aliphatic heterocycles. The van der Waals surface area contributed by atoms with E-state index in [9.17, 15) is 0 Å². The number of rotatable bonds is 4. The molecule has 0 saturated carbocycles. The Kier molecular flexibility index (Phi) is 7.00. The van der Waals surface area contributed by atoms with Gasteiger partial charge in [0.05, 0.1) is 0 Å². The Labute approximate surface area is 258 Å². The van der Waals surface area contributed by atoms with Crippen molar-refractivity contribution in [1.29, 1.82) is 0 Å². The summed E-state index contributed by atoms with van der Waals surface area (Å²) in [5, 5.41) is 0.765. The molecule has 0 aromatic heterocycles. The van der Waals surface area contributed by atoms with Gasteiger partial charge in [-0.15, -0.1) is 0 Å². The van der Waals surface area contributed by atoms with E-state index in [1.165, 1.54) is 52.0 Å². The van der Waals surface area contributed by atoms with Crippen LogP contribution in [0.4, 0.5) is 0 Å². The molecule has 42 heavy (non-hydrogen) atoms. The second-order valence-corrected chi connectivity index (χ2v) is 28.0. The molecular formula is C40H43ClZr. The van der Waals surface area contributed by atoms with Crippen molar-refractivity contribution in [3.05, 3.63) is 133 Å². The van der Waals surface area contributed by atoms with Gasteiger partial charge in [0, 0.05) is 0 Å². The Balaban J connectivity index is 1.81. The number of fused-ring (bicyclic) bond motifs is 3. The van der Waals surface area contributed by atoms with E-state index in [2.05, 4.69) is 146 Å². The van der Waals surface area contributed by atoms with E-state index in [-0.39, 0.29) is 10.8 Å². The molecule has 0 nitrogen and oxygen atoms in total. The molecule has 0 amide bonds. The average molecular weight is 650 g/mol. The summed E-state index contributed by atoms with van der Waals surface area (Å²) in [6.07, 6.45) is 8.84. The van der Waals surface area contributed by atoms with Gasteiger partial charge in [0.1, 0.15) is 0 Å². The number of aryl methyl sites for hydroxylation is 1. The Morgan fingerprint density at radius 2 is 1.36 bits per heavy atom. The summed E-state index contributed by atoms with van der Waals surface area (Å²) in [5.74, 6) is 0. The fourth-order valence-corrected chi connectivity index (χ4v) is 24.3. The van der Waals surface area contributed by atoms with Crippen molar-refractivity contribution in [3.8, 4) is 11.1 Å². The molecule has 0 heterocycles. The summed E-state index contributed by atoms with van der Waals surface area (Å²) < 4.78 is 11.4. The van der Waals surface area contributed by atoms with Crippen molar-refractivity contribution < 1.29 is 18.3 Å². The van der Waals surface area contributed by atoms with Crippen LogP contribution in [0, 0.1) is 6.92 Å². The Morgan fingerprint density at radius 3 is 1.93 bits per heavy atom. The molecule has 0 bridgehead atoms.